The van der Waals surface area contributed by atoms with Gasteiger partial charge in [0.05, 0.1) is 5.56 Å². The number of hydrogen-bond donors (Lipinski definition) is 1. The lowest BCUT2D eigenvalue weighted by molar-refractivity contribution is -0.137. The fraction of sp³-hybridized carbons (Fsp3) is 0.467. The summed E-state index contributed by atoms with van der Waals surface area (Å²) in [6, 6.07) is 4.17. The molecule has 0 radical (unpaired) electrons. The Hall–Kier alpha value is -1.49. The van der Waals surface area contributed by atoms with Gasteiger partial charge in [-0.05, 0) is 57.0 Å². The van der Waals surface area contributed by atoms with Gasteiger partial charge in [0.1, 0.15) is 0 Å². The molecule has 110 valence electrons. The van der Waals surface area contributed by atoms with E-state index in [1.807, 2.05) is 24.6 Å². The SMILES string of the molecule is CC(C)n1cc(CCCN)c2cc(C(F)(F)F)ccc21. The molecule has 0 unspecified atom stereocenters. The highest BCUT2D eigenvalue weighted by atomic mass is 19.4. The minimum atomic E-state index is -4.31. The molecule has 0 aliphatic rings. The van der Waals surface area contributed by atoms with Crippen LogP contribution in [0.25, 0.3) is 10.9 Å². The second-order valence-corrected chi connectivity index (χ2v) is 5.28. The standard InChI is InChI=1S/C15H19F3N2/c1-10(2)20-9-11(4-3-7-19)13-8-12(15(16,17)18)5-6-14(13)20/h5-6,8-10H,3-4,7,19H2,1-2H3. The first-order valence-corrected chi connectivity index (χ1v) is 6.75. The van der Waals surface area contributed by atoms with Crippen molar-refractivity contribution >= 4 is 10.9 Å². The maximum absolute atomic E-state index is 12.8. The summed E-state index contributed by atoms with van der Waals surface area (Å²) in [6.45, 7) is 4.57. The minimum Gasteiger partial charge on any atom is -0.345 e. The first-order valence-electron chi connectivity index (χ1n) is 6.75. The quantitative estimate of drug-likeness (QED) is 0.899. The number of aromatic nitrogens is 1. The normalized spacial score (nSPS) is 12.6. The number of fused-ring (bicyclic) bond motifs is 1. The predicted molar refractivity (Wildman–Crippen MR) is 74.7 cm³/mol. The van der Waals surface area contributed by atoms with Crippen LogP contribution < -0.4 is 5.73 Å². The van der Waals surface area contributed by atoms with Crippen LogP contribution in [0.5, 0.6) is 0 Å². The number of aryl methyl sites for hydroxylation is 1. The molecule has 1 aromatic heterocycles. The summed E-state index contributed by atoms with van der Waals surface area (Å²) < 4.78 is 40.5. The lowest BCUT2D eigenvalue weighted by Crippen LogP contribution is -2.05. The molecule has 0 saturated carbocycles. The zero-order chi connectivity index (χ0) is 14.9. The molecular formula is C15H19F3N2. The molecule has 2 nitrogen and oxygen atoms in total. The Kier molecular flexibility index (Phi) is 4.09. The van der Waals surface area contributed by atoms with Crippen LogP contribution in [0, 0.1) is 0 Å². The van der Waals surface area contributed by atoms with Gasteiger partial charge in [-0.25, -0.2) is 0 Å². The number of hydrogen-bond acceptors (Lipinski definition) is 1. The molecule has 0 bridgehead atoms. The van der Waals surface area contributed by atoms with Crippen LogP contribution >= 0.6 is 0 Å². The fourth-order valence-corrected chi connectivity index (χ4v) is 2.42. The number of benzene rings is 1. The summed E-state index contributed by atoms with van der Waals surface area (Å²) in [5.74, 6) is 0. The summed E-state index contributed by atoms with van der Waals surface area (Å²) in [5.41, 5.74) is 6.69. The molecule has 2 aromatic rings. The third-order valence-electron chi connectivity index (χ3n) is 3.45. The summed E-state index contributed by atoms with van der Waals surface area (Å²) >= 11 is 0. The van der Waals surface area contributed by atoms with E-state index in [1.54, 1.807) is 6.07 Å². The summed E-state index contributed by atoms with van der Waals surface area (Å²) in [4.78, 5) is 0. The number of rotatable bonds is 4. The second-order valence-electron chi connectivity index (χ2n) is 5.28. The molecule has 1 aromatic carbocycles. The molecular weight excluding hydrogens is 265 g/mol. The van der Waals surface area contributed by atoms with Gasteiger partial charge in [0.15, 0.2) is 0 Å². The molecule has 0 amide bonds. The zero-order valence-corrected chi connectivity index (χ0v) is 11.7. The fourth-order valence-electron chi connectivity index (χ4n) is 2.42. The molecule has 0 aliphatic carbocycles. The van der Waals surface area contributed by atoms with Crippen molar-refractivity contribution in [3.8, 4) is 0 Å². The lowest BCUT2D eigenvalue weighted by atomic mass is 10.1. The average molecular weight is 284 g/mol. The summed E-state index contributed by atoms with van der Waals surface area (Å²) in [7, 11) is 0. The highest BCUT2D eigenvalue weighted by Gasteiger charge is 2.31. The van der Waals surface area contributed by atoms with E-state index in [0.717, 1.165) is 23.6 Å². The van der Waals surface area contributed by atoms with Crippen molar-refractivity contribution in [2.75, 3.05) is 6.54 Å². The summed E-state index contributed by atoms with van der Waals surface area (Å²) in [5, 5.41) is 0.682. The third kappa shape index (κ3) is 2.82. The van der Waals surface area contributed by atoms with E-state index in [2.05, 4.69) is 0 Å². The van der Waals surface area contributed by atoms with Crippen molar-refractivity contribution in [1.82, 2.24) is 4.57 Å². The first-order chi connectivity index (χ1) is 9.34. The van der Waals surface area contributed by atoms with E-state index >= 15 is 0 Å². The lowest BCUT2D eigenvalue weighted by Gasteiger charge is -2.10. The molecule has 2 N–H and O–H groups in total. The number of alkyl halides is 3. The van der Waals surface area contributed by atoms with Gasteiger partial charge in [-0.2, -0.15) is 13.2 Å². The van der Waals surface area contributed by atoms with Gasteiger partial charge >= 0.3 is 6.18 Å². The van der Waals surface area contributed by atoms with Crippen molar-refractivity contribution in [2.45, 2.75) is 38.9 Å². The van der Waals surface area contributed by atoms with Crippen molar-refractivity contribution in [2.24, 2.45) is 5.73 Å². The Bertz CT molecular complexity index is 597. The van der Waals surface area contributed by atoms with Crippen molar-refractivity contribution in [3.05, 3.63) is 35.5 Å². The Morgan fingerprint density at radius 1 is 1.25 bits per heavy atom. The molecule has 0 saturated heterocycles. The highest BCUT2D eigenvalue weighted by Crippen LogP contribution is 2.34. The van der Waals surface area contributed by atoms with E-state index in [1.165, 1.54) is 6.07 Å². The van der Waals surface area contributed by atoms with Gasteiger partial charge in [0.2, 0.25) is 0 Å². The van der Waals surface area contributed by atoms with E-state index in [0.29, 0.717) is 18.4 Å². The first kappa shape index (κ1) is 14.9. The Morgan fingerprint density at radius 3 is 2.50 bits per heavy atom. The van der Waals surface area contributed by atoms with Gasteiger partial charge in [-0.15, -0.1) is 0 Å². The van der Waals surface area contributed by atoms with Gasteiger partial charge in [0.25, 0.3) is 0 Å². The van der Waals surface area contributed by atoms with Crippen LogP contribution in [0.15, 0.2) is 24.4 Å². The van der Waals surface area contributed by atoms with Gasteiger partial charge < -0.3 is 10.3 Å². The average Bonchev–Trinajstić information content (AvgIpc) is 2.73. The number of halogens is 3. The molecule has 0 atom stereocenters. The Labute approximate surface area is 116 Å². The predicted octanol–water partition coefficient (Wildman–Crippen LogP) is 4.13. The maximum Gasteiger partial charge on any atom is 0.416 e. The largest absolute Gasteiger partial charge is 0.416 e. The molecule has 1 heterocycles. The molecule has 20 heavy (non-hydrogen) atoms. The van der Waals surface area contributed by atoms with Crippen LogP contribution in [-0.2, 0) is 12.6 Å². The number of nitrogens with two attached hydrogens (primary N) is 1. The van der Waals surface area contributed by atoms with E-state index in [4.69, 9.17) is 5.73 Å². The van der Waals surface area contributed by atoms with Gasteiger partial charge in [0, 0.05) is 23.1 Å². The molecule has 5 heteroatoms. The monoisotopic (exact) mass is 284 g/mol. The number of nitrogens with zero attached hydrogens (tertiary/aromatic N) is 1. The van der Waals surface area contributed by atoms with Gasteiger partial charge in [-0.3, -0.25) is 0 Å². The smallest absolute Gasteiger partial charge is 0.345 e. The van der Waals surface area contributed by atoms with Crippen LogP contribution in [0.2, 0.25) is 0 Å². The van der Waals surface area contributed by atoms with Crippen LogP contribution in [0.3, 0.4) is 0 Å². The molecule has 0 fully saturated rings. The van der Waals surface area contributed by atoms with Crippen LogP contribution in [0.1, 0.15) is 37.4 Å². The van der Waals surface area contributed by atoms with Crippen LogP contribution in [-0.4, -0.2) is 11.1 Å². The maximum atomic E-state index is 12.8. The molecule has 0 spiro atoms. The second kappa shape index (κ2) is 5.48. The van der Waals surface area contributed by atoms with Gasteiger partial charge in [-0.1, -0.05) is 0 Å². The zero-order valence-electron chi connectivity index (χ0n) is 11.7. The molecule has 2 rings (SSSR count). The van der Waals surface area contributed by atoms with E-state index in [9.17, 15) is 13.2 Å². The topological polar surface area (TPSA) is 30.9 Å². The van der Waals surface area contributed by atoms with Crippen molar-refractivity contribution in [3.63, 3.8) is 0 Å². The van der Waals surface area contributed by atoms with E-state index in [-0.39, 0.29) is 6.04 Å². The minimum absolute atomic E-state index is 0.209. The Morgan fingerprint density at radius 2 is 1.95 bits per heavy atom. The Balaban J connectivity index is 2.58. The summed E-state index contributed by atoms with van der Waals surface area (Å²) in [6.07, 6.45) is -0.883. The third-order valence-corrected chi connectivity index (χ3v) is 3.45. The van der Waals surface area contributed by atoms with Crippen LogP contribution in [0.4, 0.5) is 13.2 Å². The van der Waals surface area contributed by atoms with E-state index < -0.39 is 11.7 Å². The van der Waals surface area contributed by atoms with Crippen molar-refractivity contribution < 1.29 is 13.2 Å². The molecule has 0 aliphatic heterocycles. The highest BCUT2D eigenvalue weighted by molar-refractivity contribution is 5.85. The van der Waals surface area contributed by atoms with Crippen molar-refractivity contribution in [1.29, 1.82) is 0 Å².